The van der Waals surface area contributed by atoms with Crippen LogP contribution < -0.4 is 10.6 Å². The van der Waals surface area contributed by atoms with Crippen LogP contribution >= 0.6 is 0 Å². The van der Waals surface area contributed by atoms with Crippen molar-refractivity contribution in [2.75, 3.05) is 19.6 Å². The van der Waals surface area contributed by atoms with Crippen molar-refractivity contribution in [2.24, 2.45) is 0 Å². The molecule has 1 amide bonds. The summed E-state index contributed by atoms with van der Waals surface area (Å²) in [6.45, 7) is 5.62. The van der Waals surface area contributed by atoms with Crippen molar-refractivity contribution in [3.63, 3.8) is 0 Å². The number of amides is 1. The third kappa shape index (κ3) is 4.07. The highest BCUT2D eigenvalue weighted by Gasteiger charge is 2.13. The second-order valence-electron chi connectivity index (χ2n) is 4.04. The van der Waals surface area contributed by atoms with E-state index in [2.05, 4.69) is 10.6 Å². The average Bonchev–Trinajstić information content (AvgIpc) is 2.33. The van der Waals surface area contributed by atoms with Crippen LogP contribution in [0.1, 0.15) is 29.3 Å². The quantitative estimate of drug-likeness (QED) is 0.764. The Kier molecular flexibility index (Phi) is 5.71. The number of hydrogen-bond donors (Lipinski definition) is 2. The summed E-state index contributed by atoms with van der Waals surface area (Å²) in [5.41, 5.74) is 0.145. The highest BCUT2D eigenvalue weighted by Crippen LogP contribution is 2.13. The maximum absolute atomic E-state index is 13.4. The third-order valence-electron chi connectivity index (χ3n) is 2.56. The lowest BCUT2D eigenvalue weighted by Gasteiger charge is -2.07. The highest BCUT2D eigenvalue weighted by molar-refractivity contribution is 5.94. The van der Waals surface area contributed by atoms with Crippen molar-refractivity contribution < 1.29 is 13.6 Å². The summed E-state index contributed by atoms with van der Waals surface area (Å²) in [5.74, 6) is -1.98. The molecule has 2 N–H and O–H groups in total. The molecule has 3 nitrogen and oxygen atoms in total. The normalized spacial score (nSPS) is 10.4. The van der Waals surface area contributed by atoms with Crippen LogP contribution in [0, 0.1) is 18.6 Å². The molecule has 0 spiro atoms. The molecule has 0 radical (unpaired) electrons. The predicted octanol–water partition coefficient (Wildman–Crippen LogP) is 2.00. The van der Waals surface area contributed by atoms with Crippen LogP contribution in [0.25, 0.3) is 0 Å². The fourth-order valence-corrected chi connectivity index (χ4v) is 1.52. The van der Waals surface area contributed by atoms with Crippen LogP contribution in [0.5, 0.6) is 0 Å². The number of benzene rings is 1. The molecule has 100 valence electrons. The Hall–Kier alpha value is -1.49. The first-order valence-corrected chi connectivity index (χ1v) is 6.00. The SMILES string of the molecule is CCNCCCNC(=O)c1cc(C)c(F)cc1F. The zero-order chi connectivity index (χ0) is 13.5. The number of rotatable bonds is 6. The summed E-state index contributed by atoms with van der Waals surface area (Å²) in [6, 6.07) is 1.97. The van der Waals surface area contributed by atoms with E-state index in [-0.39, 0.29) is 11.1 Å². The van der Waals surface area contributed by atoms with Crippen LogP contribution in [0.3, 0.4) is 0 Å². The van der Waals surface area contributed by atoms with Gasteiger partial charge >= 0.3 is 0 Å². The minimum atomic E-state index is -0.831. The Bertz CT molecular complexity index is 422. The molecule has 0 bridgehead atoms. The van der Waals surface area contributed by atoms with Gasteiger partial charge in [-0.25, -0.2) is 8.78 Å². The molecule has 0 aliphatic carbocycles. The standard InChI is InChI=1S/C13H18F2N2O/c1-3-16-5-4-6-17-13(18)10-7-9(2)11(14)8-12(10)15/h7-8,16H,3-6H2,1-2H3,(H,17,18). The van der Waals surface area contributed by atoms with E-state index in [1.165, 1.54) is 13.0 Å². The van der Waals surface area contributed by atoms with Crippen molar-refractivity contribution in [3.05, 3.63) is 34.9 Å². The van der Waals surface area contributed by atoms with Crippen molar-refractivity contribution in [3.8, 4) is 0 Å². The molecule has 0 saturated carbocycles. The summed E-state index contributed by atoms with van der Waals surface area (Å²) < 4.78 is 26.4. The van der Waals surface area contributed by atoms with E-state index in [1.807, 2.05) is 6.92 Å². The predicted molar refractivity (Wildman–Crippen MR) is 66.6 cm³/mol. The smallest absolute Gasteiger partial charge is 0.254 e. The molecule has 0 atom stereocenters. The lowest BCUT2D eigenvalue weighted by atomic mass is 10.1. The Morgan fingerprint density at radius 1 is 1.22 bits per heavy atom. The number of nitrogens with one attached hydrogen (secondary N) is 2. The zero-order valence-electron chi connectivity index (χ0n) is 10.6. The van der Waals surface area contributed by atoms with Crippen molar-refractivity contribution in [1.29, 1.82) is 0 Å². The minimum Gasteiger partial charge on any atom is -0.352 e. The monoisotopic (exact) mass is 256 g/mol. The van der Waals surface area contributed by atoms with E-state index in [4.69, 9.17) is 0 Å². The topological polar surface area (TPSA) is 41.1 Å². The zero-order valence-corrected chi connectivity index (χ0v) is 10.6. The Morgan fingerprint density at radius 3 is 2.61 bits per heavy atom. The molecule has 0 aromatic heterocycles. The Balaban J connectivity index is 2.54. The van der Waals surface area contributed by atoms with E-state index >= 15 is 0 Å². The number of aryl methyl sites for hydroxylation is 1. The molecule has 1 rings (SSSR count). The number of hydrogen-bond acceptors (Lipinski definition) is 2. The van der Waals surface area contributed by atoms with E-state index < -0.39 is 17.5 Å². The van der Waals surface area contributed by atoms with Gasteiger partial charge in [0.25, 0.3) is 5.91 Å². The summed E-state index contributed by atoms with van der Waals surface area (Å²) in [7, 11) is 0. The summed E-state index contributed by atoms with van der Waals surface area (Å²) in [4.78, 5) is 11.7. The van der Waals surface area contributed by atoms with Crippen LogP contribution in [0.4, 0.5) is 8.78 Å². The number of carbonyl (C=O) groups is 1. The summed E-state index contributed by atoms with van der Waals surface area (Å²) in [6.07, 6.45) is 0.765. The fraction of sp³-hybridized carbons (Fsp3) is 0.462. The van der Waals surface area contributed by atoms with Crippen LogP contribution in [0.2, 0.25) is 0 Å². The van der Waals surface area contributed by atoms with Crippen molar-refractivity contribution in [2.45, 2.75) is 20.3 Å². The maximum atomic E-state index is 13.4. The molecular formula is C13H18F2N2O. The van der Waals surface area contributed by atoms with Crippen molar-refractivity contribution >= 4 is 5.91 Å². The van der Waals surface area contributed by atoms with Crippen molar-refractivity contribution in [1.82, 2.24) is 10.6 Å². The van der Waals surface area contributed by atoms with Gasteiger partial charge in [0, 0.05) is 12.6 Å². The van der Waals surface area contributed by atoms with Gasteiger partial charge < -0.3 is 10.6 Å². The molecule has 0 unspecified atom stereocenters. The molecule has 0 heterocycles. The van der Waals surface area contributed by atoms with Gasteiger partial charge in [-0.2, -0.15) is 0 Å². The van der Waals surface area contributed by atoms with Crippen LogP contribution in [-0.4, -0.2) is 25.5 Å². The molecule has 5 heteroatoms. The second kappa shape index (κ2) is 7.06. The first kappa shape index (κ1) is 14.6. The van der Waals surface area contributed by atoms with E-state index in [9.17, 15) is 13.6 Å². The lowest BCUT2D eigenvalue weighted by Crippen LogP contribution is -2.28. The summed E-state index contributed by atoms with van der Waals surface area (Å²) >= 11 is 0. The molecule has 1 aromatic carbocycles. The molecule has 0 aliphatic heterocycles. The van der Waals surface area contributed by atoms with E-state index in [0.717, 1.165) is 25.6 Å². The molecule has 0 fully saturated rings. The third-order valence-corrected chi connectivity index (χ3v) is 2.56. The van der Waals surface area contributed by atoms with Gasteiger partial charge in [-0.05, 0) is 38.1 Å². The highest BCUT2D eigenvalue weighted by atomic mass is 19.1. The molecule has 0 aliphatic rings. The second-order valence-corrected chi connectivity index (χ2v) is 4.04. The minimum absolute atomic E-state index is 0.114. The average molecular weight is 256 g/mol. The lowest BCUT2D eigenvalue weighted by molar-refractivity contribution is 0.0949. The van der Waals surface area contributed by atoms with Gasteiger partial charge in [-0.1, -0.05) is 6.92 Å². The fourth-order valence-electron chi connectivity index (χ4n) is 1.52. The molecule has 0 saturated heterocycles. The first-order chi connectivity index (χ1) is 8.56. The Labute approximate surface area is 106 Å². The van der Waals surface area contributed by atoms with Gasteiger partial charge in [-0.15, -0.1) is 0 Å². The first-order valence-electron chi connectivity index (χ1n) is 6.00. The molecular weight excluding hydrogens is 238 g/mol. The summed E-state index contributed by atoms with van der Waals surface area (Å²) in [5, 5.41) is 5.72. The van der Waals surface area contributed by atoms with Gasteiger partial charge in [-0.3, -0.25) is 4.79 Å². The van der Waals surface area contributed by atoms with Crippen LogP contribution in [-0.2, 0) is 0 Å². The molecule has 1 aromatic rings. The van der Waals surface area contributed by atoms with Gasteiger partial charge in [0.05, 0.1) is 5.56 Å². The van der Waals surface area contributed by atoms with E-state index in [0.29, 0.717) is 6.54 Å². The molecule has 18 heavy (non-hydrogen) atoms. The number of carbonyl (C=O) groups excluding carboxylic acids is 1. The van der Waals surface area contributed by atoms with E-state index in [1.54, 1.807) is 0 Å². The Morgan fingerprint density at radius 2 is 1.94 bits per heavy atom. The number of halogens is 2. The largest absolute Gasteiger partial charge is 0.352 e. The van der Waals surface area contributed by atoms with Gasteiger partial charge in [0.15, 0.2) is 0 Å². The van der Waals surface area contributed by atoms with Gasteiger partial charge in [0.1, 0.15) is 11.6 Å². The maximum Gasteiger partial charge on any atom is 0.254 e. The van der Waals surface area contributed by atoms with Gasteiger partial charge in [0.2, 0.25) is 0 Å². The van der Waals surface area contributed by atoms with Crippen LogP contribution in [0.15, 0.2) is 12.1 Å².